The van der Waals surface area contributed by atoms with Gasteiger partial charge in [-0.25, -0.2) is 0 Å². The zero-order valence-electron chi connectivity index (χ0n) is 16.5. The fourth-order valence-electron chi connectivity index (χ4n) is 3.53. The summed E-state index contributed by atoms with van der Waals surface area (Å²) in [4.78, 5) is 37.9. The van der Waals surface area contributed by atoms with Crippen LogP contribution in [0.5, 0.6) is 0 Å². The minimum absolute atomic E-state index is 0.146. The molecule has 0 bridgehead atoms. The summed E-state index contributed by atoms with van der Waals surface area (Å²) in [5.74, 6) is -0.704. The molecule has 9 heteroatoms. The van der Waals surface area contributed by atoms with Crippen LogP contribution in [0.3, 0.4) is 0 Å². The first kappa shape index (κ1) is 20.1. The van der Waals surface area contributed by atoms with Crippen molar-refractivity contribution in [2.45, 2.75) is 12.8 Å². The molecular formula is C22H20N4O5. The molecule has 0 unspecified atom stereocenters. The Bertz CT molecular complexity index is 1120. The molecule has 2 N–H and O–H groups in total. The number of carbonyl (C=O) groups excluding carboxylic acids is 2. The van der Waals surface area contributed by atoms with Crippen LogP contribution in [-0.2, 0) is 0 Å². The van der Waals surface area contributed by atoms with Crippen LogP contribution in [0.25, 0.3) is 0 Å². The number of nitro benzene ring substituents is 1. The lowest BCUT2D eigenvalue weighted by atomic mass is 10.1. The molecule has 2 aromatic carbocycles. The summed E-state index contributed by atoms with van der Waals surface area (Å²) in [6, 6.07) is 14.1. The molecule has 0 radical (unpaired) electrons. The predicted octanol–water partition coefficient (Wildman–Crippen LogP) is 4.29. The van der Waals surface area contributed by atoms with E-state index in [4.69, 9.17) is 4.42 Å². The molecule has 1 aromatic heterocycles. The Morgan fingerprint density at radius 1 is 0.935 bits per heavy atom. The minimum Gasteiger partial charge on any atom is -0.459 e. The Morgan fingerprint density at radius 3 is 2.29 bits per heavy atom. The third kappa shape index (κ3) is 4.55. The summed E-state index contributed by atoms with van der Waals surface area (Å²) >= 11 is 0. The maximum absolute atomic E-state index is 13.0. The maximum atomic E-state index is 13.0. The lowest BCUT2D eigenvalue weighted by Gasteiger charge is -2.21. The van der Waals surface area contributed by atoms with E-state index < -0.39 is 16.7 Å². The number of non-ortho nitro benzene ring substituents is 1. The molecule has 1 saturated heterocycles. The second-order valence-corrected chi connectivity index (χ2v) is 7.12. The maximum Gasteiger partial charge on any atom is 0.291 e. The van der Waals surface area contributed by atoms with Gasteiger partial charge in [-0.2, -0.15) is 0 Å². The van der Waals surface area contributed by atoms with E-state index in [1.807, 2.05) is 0 Å². The van der Waals surface area contributed by atoms with Crippen molar-refractivity contribution in [2.24, 2.45) is 0 Å². The number of carbonyl (C=O) groups is 2. The Kier molecular flexibility index (Phi) is 5.65. The molecule has 158 valence electrons. The van der Waals surface area contributed by atoms with Crippen molar-refractivity contribution >= 4 is 34.6 Å². The SMILES string of the molecule is O=C(Nc1cccc(NC(=O)c2cc([N+](=O)[O-])ccc2N2CCCC2)c1)c1ccco1. The molecular weight excluding hydrogens is 400 g/mol. The van der Waals surface area contributed by atoms with E-state index in [2.05, 4.69) is 15.5 Å². The van der Waals surface area contributed by atoms with Crippen LogP contribution in [0.15, 0.2) is 65.3 Å². The van der Waals surface area contributed by atoms with Crippen molar-refractivity contribution in [1.29, 1.82) is 0 Å². The number of anilines is 3. The van der Waals surface area contributed by atoms with E-state index in [-0.39, 0.29) is 17.0 Å². The summed E-state index contributed by atoms with van der Waals surface area (Å²) in [6.45, 7) is 1.60. The van der Waals surface area contributed by atoms with Gasteiger partial charge >= 0.3 is 0 Å². The molecule has 0 saturated carbocycles. The van der Waals surface area contributed by atoms with Gasteiger partial charge in [0.25, 0.3) is 17.5 Å². The van der Waals surface area contributed by atoms with E-state index in [0.29, 0.717) is 17.1 Å². The lowest BCUT2D eigenvalue weighted by molar-refractivity contribution is -0.384. The van der Waals surface area contributed by atoms with Crippen molar-refractivity contribution in [1.82, 2.24) is 0 Å². The van der Waals surface area contributed by atoms with Gasteiger partial charge in [0.15, 0.2) is 5.76 Å². The van der Waals surface area contributed by atoms with Gasteiger partial charge in [0, 0.05) is 36.6 Å². The third-order valence-corrected chi connectivity index (χ3v) is 5.01. The van der Waals surface area contributed by atoms with Gasteiger partial charge in [0.2, 0.25) is 0 Å². The van der Waals surface area contributed by atoms with Crippen molar-refractivity contribution < 1.29 is 18.9 Å². The van der Waals surface area contributed by atoms with Crippen LogP contribution in [0.2, 0.25) is 0 Å². The zero-order chi connectivity index (χ0) is 21.8. The van der Waals surface area contributed by atoms with E-state index in [0.717, 1.165) is 25.9 Å². The van der Waals surface area contributed by atoms with Crippen LogP contribution >= 0.6 is 0 Å². The number of nitro groups is 1. The largest absolute Gasteiger partial charge is 0.459 e. The Morgan fingerprint density at radius 2 is 1.65 bits per heavy atom. The highest BCUT2D eigenvalue weighted by Crippen LogP contribution is 2.29. The molecule has 0 aliphatic carbocycles. The van der Waals surface area contributed by atoms with Gasteiger partial charge in [-0.05, 0) is 49.2 Å². The number of nitrogens with zero attached hydrogens (tertiary/aromatic N) is 2. The van der Waals surface area contributed by atoms with Crippen LogP contribution in [0.1, 0.15) is 33.8 Å². The Labute approximate surface area is 177 Å². The smallest absolute Gasteiger partial charge is 0.291 e. The van der Waals surface area contributed by atoms with E-state index in [1.165, 1.54) is 18.4 Å². The second kappa shape index (κ2) is 8.70. The van der Waals surface area contributed by atoms with Crippen LogP contribution in [-0.4, -0.2) is 29.8 Å². The van der Waals surface area contributed by atoms with Gasteiger partial charge in [-0.1, -0.05) is 6.07 Å². The van der Waals surface area contributed by atoms with Gasteiger partial charge in [0.1, 0.15) is 0 Å². The van der Waals surface area contributed by atoms with Gasteiger partial charge in [-0.15, -0.1) is 0 Å². The minimum atomic E-state index is -0.519. The second-order valence-electron chi connectivity index (χ2n) is 7.12. The first-order valence-electron chi connectivity index (χ1n) is 9.81. The monoisotopic (exact) mass is 420 g/mol. The number of nitrogens with one attached hydrogen (secondary N) is 2. The van der Waals surface area contributed by atoms with Gasteiger partial charge in [0.05, 0.1) is 22.4 Å². The van der Waals surface area contributed by atoms with Gasteiger partial charge in [-0.3, -0.25) is 19.7 Å². The molecule has 1 aliphatic rings. The fraction of sp³-hybridized carbons (Fsp3) is 0.182. The first-order valence-corrected chi connectivity index (χ1v) is 9.81. The fourth-order valence-corrected chi connectivity index (χ4v) is 3.53. The number of benzene rings is 2. The number of hydrogen-bond acceptors (Lipinski definition) is 6. The number of rotatable bonds is 6. The predicted molar refractivity (Wildman–Crippen MR) is 116 cm³/mol. The highest BCUT2D eigenvalue weighted by Gasteiger charge is 2.22. The van der Waals surface area contributed by atoms with E-state index in [9.17, 15) is 19.7 Å². The average Bonchev–Trinajstić information content (AvgIpc) is 3.48. The molecule has 0 spiro atoms. The number of amides is 2. The molecule has 31 heavy (non-hydrogen) atoms. The Balaban J connectivity index is 1.56. The van der Waals surface area contributed by atoms with Crippen molar-refractivity contribution in [3.05, 3.63) is 82.3 Å². The lowest BCUT2D eigenvalue weighted by Crippen LogP contribution is -2.23. The first-order chi connectivity index (χ1) is 15.0. The standard InChI is InChI=1S/C22H20N4O5/c27-21(18-14-17(26(29)30)8-9-19(18)25-10-1-2-11-25)23-15-5-3-6-16(13-15)24-22(28)20-7-4-12-31-20/h3-9,12-14H,1-2,10-11H2,(H,23,27)(H,24,28). The summed E-state index contributed by atoms with van der Waals surface area (Å²) < 4.78 is 5.07. The molecule has 2 heterocycles. The van der Waals surface area contributed by atoms with Crippen LogP contribution in [0.4, 0.5) is 22.7 Å². The average molecular weight is 420 g/mol. The molecule has 3 aromatic rings. The summed E-state index contributed by atoms with van der Waals surface area (Å²) in [5.41, 5.74) is 1.68. The van der Waals surface area contributed by atoms with Crippen LogP contribution < -0.4 is 15.5 Å². The van der Waals surface area contributed by atoms with Crippen molar-refractivity contribution in [3.8, 4) is 0 Å². The molecule has 4 rings (SSSR count). The van der Waals surface area contributed by atoms with E-state index >= 15 is 0 Å². The normalized spacial score (nSPS) is 13.1. The number of furan rings is 1. The molecule has 2 amide bonds. The summed E-state index contributed by atoms with van der Waals surface area (Å²) in [7, 11) is 0. The molecule has 0 atom stereocenters. The highest BCUT2D eigenvalue weighted by atomic mass is 16.6. The summed E-state index contributed by atoms with van der Waals surface area (Å²) in [6.07, 6.45) is 3.42. The molecule has 1 aliphatic heterocycles. The zero-order valence-corrected chi connectivity index (χ0v) is 16.5. The highest BCUT2D eigenvalue weighted by molar-refractivity contribution is 6.09. The Hall–Kier alpha value is -4.14. The quantitative estimate of drug-likeness (QED) is 0.454. The van der Waals surface area contributed by atoms with Crippen LogP contribution in [0, 0.1) is 10.1 Å². The van der Waals surface area contributed by atoms with Crippen molar-refractivity contribution in [3.63, 3.8) is 0 Å². The topological polar surface area (TPSA) is 118 Å². The van der Waals surface area contributed by atoms with Crippen molar-refractivity contribution in [2.75, 3.05) is 28.6 Å². The summed E-state index contributed by atoms with van der Waals surface area (Å²) in [5, 5.41) is 16.7. The number of hydrogen-bond donors (Lipinski definition) is 2. The molecule has 1 fully saturated rings. The van der Waals surface area contributed by atoms with Gasteiger partial charge < -0.3 is 20.0 Å². The third-order valence-electron chi connectivity index (χ3n) is 5.01. The molecule has 9 nitrogen and oxygen atoms in total. The van der Waals surface area contributed by atoms with E-state index in [1.54, 1.807) is 42.5 Å².